The number of hydrogen-bond acceptors (Lipinski definition) is 8. The molecule has 1 aromatic rings. The average molecular weight is 489 g/mol. The van der Waals surface area contributed by atoms with Crippen LogP contribution in [0.2, 0.25) is 0 Å². The zero-order valence-electron chi connectivity index (χ0n) is 20.3. The third kappa shape index (κ3) is 8.91. The molecule has 2 rings (SSSR count). The van der Waals surface area contributed by atoms with Gasteiger partial charge in [-0.15, -0.1) is 12.4 Å². The van der Waals surface area contributed by atoms with Gasteiger partial charge in [-0.2, -0.15) is 0 Å². The van der Waals surface area contributed by atoms with Gasteiger partial charge in [-0.05, 0) is 39.1 Å². The van der Waals surface area contributed by atoms with Crippen LogP contribution < -0.4 is 9.47 Å². The van der Waals surface area contributed by atoms with Crippen molar-refractivity contribution in [2.75, 3.05) is 47.0 Å². The highest BCUT2D eigenvalue weighted by molar-refractivity contribution is 5.85. The Balaban J connectivity index is 0.00000544. The first-order chi connectivity index (χ1) is 15.2. The van der Waals surface area contributed by atoms with E-state index in [9.17, 15) is 9.59 Å². The fraction of sp³-hybridized carbons (Fsp3) is 0.652. The molecule has 1 fully saturated rings. The summed E-state index contributed by atoms with van der Waals surface area (Å²) in [6.07, 6.45) is -1.87. The number of esters is 1. The minimum atomic E-state index is -0.994. The van der Waals surface area contributed by atoms with E-state index >= 15 is 0 Å². The number of benzene rings is 1. The summed E-state index contributed by atoms with van der Waals surface area (Å²) in [5.74, 6) is 0.925. The van der Waals surface area contributed by atoms with Gasteiger partial charge in [-0.25, -0.2) is 4.79 Å². The van der Waals surface area contributed by atoms with Crippen molar-refractivity contribution in [2.45, 2.75) is 46.1 Å². The Labute approximate surface area is 202 Å². The predicted octanol–water partition coefficient (Wildman–Crippen LogP) is 3.20. The van der Waals surface area contributed by atoms with Crippen LogP contribution in [0.4, 0.5) is 4.79 Å². The summed E-state index contributed by atoms with van der Waals surface area (Å²) in [6.45, 7) is 9.17. The Bertz CT molecular complexity index is 739. The molecule has 188 valence electrons. The van der Waals surface area contributed by atoms with Crippen LogP contribution in [0, 0.1) is 5.92 Å². The minimum absolute atomic E-state index is 0. The number of halogens is 1. The van der Waals surface area contributed by atoms with Crippen molar-refractivity contribution in [1.82, 2.24) is 9.80 Å². The average Bonchev–Trinajstić information content (AvgIpc) is 2.72. The lowest BCUT2D eigenvalue weighted by Gasteiger charge is -2.33. The summed E-state index contributed by atoms with van der Waals surface area (Å²) < 4.78 is 27.8. The van der Waals surface area contributed by atoms with Gasteiger partial charge in [0.05, 0.1) is 19.8 Å². The van der Waals surface area contributed by atoms with Gasteiger partial charge < -0.3 is 28.6 Å². The summed E-state index contributed by atoms with van der Waals surface area (Å²) in [6, 6.07) is 7.00. The molecular formula is C23H37ClN2O7. The van der Waals surface area contributed by atoms with E-state index in [-0.39, 0.29) is 31.0 Å². The molecule has 1 saturated heterocycles. The maximum atomic E-state index is 12.6. The molecule has 0 aliphatic carbocycles. The first-order valence-corrected chi connectivity index (χ1v) is 11.0. The molecule has 9 nitrogen and oxygen atoms in total. The monoisotopic (exact) mass is 488 g/mol. The van der Waals surface area contributed by atoms with Crippen LogP contribution in [-0.4, -0.2) is 87.3 Å². The molecule has 10 heteroatoms. The van der Waals surface area contributed by atoms with Gasteiger partial charge in [0.2, 0.25) is 6.29 Å². The smallest absolute Gasteiger partial charge is 0.413 e. The van der Waals surface area contributed by atoms with Crippen LogP contribution in [0.15, 0.2) is 24.3 Å². The summed E-state index contributed by atoms with van der Waals surface area (Å²) in [4.78, 5) is 28.3. The van der Waals surface area contributed by atoms with Gasteiger partial charge in [0, 0.05) is 13.5 Å². The fourth-order valence-corrected chi connectivity index (χ4v) is 3.57. The lowest BCUT2D eigenvalue weighted by Crippen LogP contribution is -2.49. The molecule has 3 atom stereocenters. The molecule has 0 N–H and O–H groups in total. The normalized spacial score (nSPS) is 17.7. The maximum absolute atomic E-state index is 12.6. The van der Waals surface area contributed by atoms with Gasteiger partial charge in [-0.3, -0.25) is 9.69 Å². The highest BCUT2D eigenvalue weighted by Gasteiger charge is 2.30. The Morgan fingerprint density at radius 1 is 1.12 bits per heavy atom. The van der Waals surface area contributed by atoms with Gasteiger partial charge >= 0.3 is 12.1 Å². The highest BCUT2D eigenvalue weighted by Crippen LogP contribution is 2.26. The lowest BCUT2D eigenvalue weighted by molar-refractivity contribution is -0.174. The molecule has 2 unspecified atom stereocenters. The molecule has 1 amide bonds. The molecule has 0 spiro atoms. The van der Waals surface area contributed by atoms with Crippen molar-refractivity contribution in [3.05, 3.63) is 24.3 Å². The minimum Gasteiger partial charge on any atom is -0.490 e. The largest absolute Gasteiger partial charge is 0.490 e. The third-order valence-corrected chi connectivity index (χ3v) is 4.95. The number of ether oxygens (including phenoxy) is 5. The van der Waals surface area contributed by atoms with Gasteiger partial charge in [0.1, 0.15) is 18.8 Å². The van der Waals surface area contributed by atoms with Crippen molar-refractivity contribution in [1.29, 1.82) is 0 Å². The molecule has 1 aliphatic rings. The Morgan fingerprint density at radius 2 is 1.76 bits per heavy atom. The number of likely N-dealkylation sites (N-methyl/N-ethyl adjacent to an activating group) is 1. The summed E-state index contributed by atoms with van der Waals surface area (Å²) in [5.41, 5.74) is 0. The quantitative estimate of drug-likeness (QED) is 0.366. The van der Waals surface area contributed by atoms with Crippen molar-refractivity contribution >= 4 is 24.5 Å². The van der Waals surface area contributed by atoms with Crippen LogP contribution in [0.5, 0.6) is 11.5 Å². The van der Waals surface area contributed by atoms with Crippen molar-refractivity contribution < 1.29 is 33.3 Å². The first kappa shape index (κ1) is 28.8. The number of para-hydroxylation sites is 2. The predicted molar refractivity (Wildman–Crippen MR) is 126 cm³/mol. The number of carbonyl (C=O) groups is 2. The van der Waals surface area contributed by atoms with Crippen LogP contribution >= 0.6 is 12.4 Å². The number of morpholine rings is 1. The summed E-state index contributed by atoms with van der Waals surface area (Å²) >= 11 is 0. The van der Waals surface area contributed by atoms with E-state index in [1.165, 1.54) is 11.8 Å². The SMILES string of the molecule is CCOc1ccccc1OCC1CN(C(=O)OC(C)OC(=O)[C@H](C(C)C)N(C)C)CCO1.Cl. The van der Waals surface area contributed by atoms with Crippen molar-refractivity contribution in [3.63, 3.8) is 0 Å². The zero-order valence-corrected chi connectivity index (χ0v) is 21.1. The topological polar surface area (TPSA) is 86.8 Å². The van der Waals surface area contributed by atoms with E-state index in [1.54, 1.807) is 4.90 Å². The fourth-order valence-electron chi connectivity index (χ4n) is 3.57. The second-order valence-corrected chi connectivity index (χ2v) is 8.17. The van der Waals surface area contributed by atoms with E-state index in [0.29, 0.717) is 37.8 Å². The van der Waals surface area contributed by atoms with Gasteiger partial charge in [-0.1, -0.05) is 26.0 Å². The molecular weight excluding hydrogens is 452 g/mol. The van der Waals surface area contributed by atoms with Crippen LogP contribution in [0.3, 0.4) is 0 Å². The van der Waals surface area contributed by atoms with Crippen LogP contribution in [-0.2, 0) is 19.0 Å². The second kappa shape index (κ2) is 14.1. The third-order valence-electron chi connectivity index (χ3n) is 4.95. The zero-order chi connectivity index (χ0) is 23.7. The maximum Gasteiger partial charge on any atom is 0.413 e. The summed E-state index contributed by atoms with van der Waals surface area (Å²) in [7, 11) is 3.62. The van der Waals surface area contributed by atoms with Gasteiger partial charge in [0.25, 0.3) is 0 Å². The second-order valence-electron chi connectivity index (χ2n) is 8.17. The molecule has 0 saturated carbocycles. The number of carbonyl (C=O) groups excluding carboxylic acids is 2. The van der Waals surface area contributed by atoms with E-state index < -0.39 is 24.4 Å². The standard InChI is InChI=1S/C23H36N2O7.ClH/c1-7-28-19-10-8-9-11-20(19)30-15-18-14-25(12-13-29-18)23(27)32-17(4)31-22(26)21(16(2)3)24(5)6;/h8-11,16-18,21H,7,12-15H2,1-6H3;1H/t17?,18?,21-;/m0./s1. The van der Waals surface area contributed by atoms with Crippen LogP contribution in [0.1, 0.15) is 27.7 Å². The molecule has 0 aromatic heterocycles. The van der Waals surface area contributed by atoms with Crippen molar-refractivity contribution in [2.24, 2.45) is 5.92 Å². The van der Waals surface area contributed by atoms with E-state index in [2.05, 4.69) is 0 Å². The van der Waals surface area contributed by atoms with Gasteiger partial charge in [0.15, 0.2) is 11.5 Å². The highest BCUT2D eigenvalue weighted by atomic mass is 35.5. The molecule has 1 aromatic carbocycles. The Morgan fingerprint density at radius 3 is 2.33 bits per heavy atom. The summed E-state index contributed by atoms with van der Waals surface area (Å²) in [5, 5.41) is 0. The van der Waals surface area contributed by atoms with Crippen molar-refractivity contribution in [3.8, 4) is 11.5 Å². The molecule has 33 heavy (non-hydrogen) atoms. The number of rotatable bonds is 10. The van der Waals surface area contributed by atoms with Crippen LogP contribution in [0.25, 0.3) is 0 Å². The van der Waals surface area contributed by atoms with E-state index in [0.717, 1.165) is 0 Å². The molecule has 1 heterocycles. The molecule has 1 aliphatic heterocycles. The number of hydrogen-bond donors (Lipinski definition) is 0. The number of nitrogens with zero attached hydrogens (tertiary/aromatic N) is 2. The molecule has 0 bridgehead atoms. The van der Waals surface area contributed by atoms with E-state index in [1.807, 2.05) is 59.1 Å². The van der Waals surface area contributed by atoms with E-state index in [4.69, 9.17) is 23.7 Å². The molecule has 0 radical (unpaired) electrons. The number of amides is 1. The lowest BCUT2D eigenvalue weighted by atomic mass is 10.0. The Kier molecular flexibility index (Phi) is 12.3. The Hall–Kier alpha value is -2.23. The first-order valence-electron chi connectivity index (χ1n) is 11.0.